The third-order valence-electron chi connectivity index (χ3n) is 3.88. The van der Waals surface area contributed by atoms with Crippen molar-refractivity contribution in [2.75, 3.05) is 6.61 Å². The summed E-state index contributed by atoms with van der Waals surface area (Å²) in [6.45, 7) is 6.32. The molecule has 0 aliphatic carbocycles. The Morgan fingerprint density at radius 2 is 1.78 bits per heavy atom. The molecule has 0 heterocycles. The summed E-state index contributed by atoms with van der Waals surface area (Å²) in [5, 5.41) is -0.946. The molecule has 0 saturated carbocycles. The first-order valence-electron chi connectivity index (χ1n) is 7.72. The number of rotatable bonds is 5. The molecule has 0 amide bonds. The Hall–Kier alpha value is -1.91. The second-order valence-electron chi connectivity index (χ2n) is 5.80. The number of hydrogen-bond acceptors (Lipinski definition) is 3. The number of benzene rings is 2. The van der Waals surface area contributed by atoms with E-state index in [-0.39, 0.29) is 12.4 Å². The Kier molecular flexibility index (Phi) is 5.39. The summed E-state index contributed by atoms with van der Waals surface area (Å²) in [6.07, 6.45) is 0.0773. The maximum atomic E-state index is 11.8. The van der Waals surface area contributed by atoms with Gasteiger partial charge in [0.05, 0.1) is 23.3 Å². The maximum Gasteiger partial charge on any atom is 0.307 e. The highest BCUT2D eigenvalue weighted by Gasteiger charge is 2.26. The highest BCUT2D eigenvalue weighted by Crippen LogP contribution is 2.30. The van der Waals surface area contributed by atoms with Gasteiger partial charge in [0.25, 0.3) is 0 Å². The number of carbonyl (C=O) groups is 1. The van der Waals surface area contributed by atoms with Crippen molar-refractivity contribution in [1.29, 1.82) is 0 Å². The molecule has 1 atom stereocenters. The molecular formula is C19H22NO2Si. The average molecular weight is 324 g/mol. The Balaban J connectivity index is 2.38. The summed E-state index contributed by atoms with van der Waals surface area (Å²) in [4.78, 5) is 11.8. The molecule has 4 heteroatoms. The molecule has 0 bridgehead atoms. The van der Waals surface area contributed by atoms with Gasteiger partial charge >= 0.3 is 5.97 Å². The SMILES string of the molecule is CCOC(=O)C[C@](N)([Si])c1cccc(-c2c(C)cccc2C)c1. The predicted molar refractivity (Wildman–Crippen MR) is 94.2 cm³/mol. The van der Waals surface area contributed by atoms with E-state index in [1.54, 1.807) is 6.92 Å². The molecule has 3 radical (unpaired) electrons. The van der Waals surface area contributed by atoms with Gasteiger partial charge in [0, 0.05) is 5.16 Å². The first-order chi connectivity index (χ1) is 10.8. The molecule has 2 aromatic carbocycles. The highest BCUT2D eigenvalue weighted by molar-refractivity contribution is 6.16. The van der Waals surface area contributed by atoms with Gasteiger partial charge in [-0.2, -0.15) is 0 Å². The molecule has 3 nitrogen and oxygen atoms in total. The third kappa shape index (κ3) is 4.09. The van der Waals surface area contributed by atoms with Crippen molar-refractivity contribution in [2.24, 2.45) is 5.73 Å². The minimum absolute atomic E-state index is 0.0773. The molecule has 0 aliphatic rings. The van der Waals surface area contributed by atoms with Crippen LogP contribution in [0.2, 0.25) is 0 Å². The molecule has 0 unspecified atom stereocenters. The van der Waals surface area contributed by atoms with E-state index in [1.807, 2.05) is 18.2 Å². The monoisotopic (exact) mass is 324 g/mol. The molecule has 0 aromatic heterocycles. The first-order valence-corrected chi connectivity index (χ1v) is 8.22. The van der Waals surface area contributed by atoms with Crippen molar-refractivity contribution in [2.45, 2.75) is 32.4 Å². The Bertz CT molecular complexity index is 690. The van der Waals surface area contributed by atoms with Crippen LogP contribution in [0.3, 0.4) is 0 Å². The zero-order valence-corrected chi connectivity index (χ0v) is 14.8. The van der Waals surface area contributed by atoms with Crippen LogP contribution in [0.5, 0.6) is 0 Å². The molecule has 2 N–H and O–H groups in total. The quantitative estimate of drug-likeness (QED) is 0.679. The molecule has 2 aromatic rings. The van der Waals surface area contributed by atoms with E-state index in [0.29, 0.717) is 6.61 Å². The standard InChI is InChI=1S/C19H22NO2Si/c1-4-22-17(21)12-19(20,23)16-10-6-9-15(11-16)18-13(2)7-5-8-14(18)3/h5-11H,4,12,20H2,1-3H3/t19-/m0/s1. The van der Waals surface area contributed by atoms with Gasteiger partial charge in [-0.25, -0.2) is 0 Å². The third-order valence-corrected chi connectivity index (χ3v) is 4.34. The molecule has 0 aliphatic heterocycles. The van der Waals surface area contributed by atoms with Gasteiger partial charge in [0.1, 0.15) is 0 Å². The topological polar surface area (TPSA) is 52.3 Å². The van der Waals surface area contributed by atoms with E-state index in [0.717, 1.165) is 11.1 Å². The van der Waals surface area contributed by atoms with Crippen molar-refractivity contribution < 1.29 is 9.53 Å². The van der Waals surface area contributed by atoms with Crippen LogP contribution in [0.4, 0.5) is 0 Å². The van der Waals surface area contributed by atoms with Gasteiger partial charge in [0.15, 0.2) is 0 Å². The summed E-state index contributed by atoms with van der Waals surface area (Å²) < 4.78 is 5.00. The van der Waals surface area contributed by atoms with E-state index >= 15 is 0 Å². The lowest BCUT2D eigenvalue weighted by Crippen LogP contribution is -2.40. The van der Waals surface area contributed by atoms with Gasteiger partial charge < -0.3 is 10.5 Å². The number of esters is 1. The first kappa shape index (κ1) is 17.4. The molecule has 2 rings (SSSR count). The van der Waals surface area contributed by atoms with Crippen molar-refractivity contribution in [1.82, 2.24) is 0 Å². The minimum Gasteiger partial charge on any atom is -0.466 e. The largest absolute Gasteiger partial charge is 0.466 e. The number of aryl methyl sites for hydroxylation is 2. The van der Waals surface area contributed by atoms with E-state index in [1.165, 1.54) is 16.7 Å². The summed E-state index contributed by atoms with van der Waals surface area (Å²) in [5.74, 6) is -0.317. The fraction of sp³-hybridized carbons (Fsp3) is 0.316. The van der Waals surface area contributed by atoms with Gasteiger partial charge in [-0.05, 0) is 54.7 Å². The summed E-state index contributed by atoms with van der Waals surface area (Å²) in [7, 11) is 3.54. The predicted octanol–water partition coefficient (Wildman–Crippen LogP) is 3.20. The normalized spacial score (nSPS) is 13.4. The van der Waals surface area contributed by atoms with Crippen LogP contribution >= 0.6 is 0 Å². The lowest BCUT2D eigenvalue weighted by atomic mass is 9.92. The average Bonchev–Trinajstić information content (AvgIpc) is 2.47. The zero-order valence-electron chi connectivity index (χ0n) is 13.8. The van der Waals surface area contributed by atoms with Crippen molar-refractivity contribution in [3.05, 3.63) is 59.2 Å². The van der Waals surface area contributed by atoms with Crippen molar-refractivity contribution in [3.63, 3.8) is 0 Å². The molecular weight excluding hydrogens is 302 g/mol. The molecule has 119 valence electrons. The second kappa shape index (κ2) is 7.11. The molecule has 0 fully saturated rings. The van der Waals surface area contributed by atoms with Crippen molar-refractivity contribution >= 4 is 16.2 Å². The molecule has 0 saturated heterocycles. The maximum absolute atomic E-state index is 11.8. The van der Waals surface area contributed by atoms with Crippen LogP contribution in [0.15, 0.2) is 42.5 Å². The Morgan fingerprint density at radius 1 is 1.17 bits per heavy atom. The lowest BCUT2D eigenvalue weighted by molar-refractivity contribution is -0.143. The summed E-state index contributed by atoms with van der Waals surface area (Å²) >= 11 is 0. The fourth-order valence-corrected chi connectivity index (χ4v) is 3.06. The number of carbonyl (C=O) groups excluding carboxylic acids is 1. The minimum atomic E-state index is -0.946. The lowest BCUT2D eigenvalue weighted by Gasteiger charge is -2.25. The zero-order chi connectivity index (χ0) is 17.0. The van der Waals surface area contributed by atoms with Gasteiger partial charge in [-0.1, -0.05) is 36.4 Å². The number of ether oxygens (including phenoxy) is 1. The van der Waals surface area contributed by atoms with Gasteiger partial charge in [-0.15, -0.1) is 0 Å². The summed E-state index contributed by atoms with van der Waals surface area (Å²) in [6, 6.07) is 14.2. The van der Waals surface area contributed by atoms with Crippen LogP contribution in [-0.4, -0.2) is 22.8 Å². The van der Waals surface area contributed by atoms with E-state index in [9.17, 15) is 4.79 Å². The van der Waals surface area contributed by atoms with Crippen molar-refractivity contribution in [3.8, 4) is 11.1 Å². The van der Waals surface area contributed by atoms with Gasteiger partial charge in [0.2, 0.25) is 0 Å². The highest BCUT2D eigenvalue weighted by atomic mass is 28.1. The van der Waals surface area contributed by atoms with Crippen LogP contribution in [-0.2, 0) is 14.7 Å². The molecule has 0 spiro atoms. The van der Waals surface area contributed by atoms with Crippen LogP contribution in [0.1, 0.15) is 30.0 Å². The van der Waals surface area contributed by atoms with E-state index < -0.39 is 5.16 Å². The Morgan fingerprint density at radius 3 is 2.39 bits per heavy atom. The van der Waals surface area contributed by atoms with Crippen LogP contribution in [0, 0.1) is 13.8 Å². The summed E-state index contributed by atoms with van der Waals surface area (Å²) in [5.41, 5.74) is 11.9. The second-order valence-corrected chi connectivity index (χ2v) is 6.69. The van der Waals surface area contributed by atoms with Crippen LogP contribution < -0.4 is 5.73 Å². The number of nitrogens with two attached hydrogens (primary N) is 1. The van der Waals surface area contributed by atoms with E-state index in [2.05, 4.69) is 48.4 Å². The van der Waals surface area contributed by atoms with Gasteiger partial charge in [-0.3, -0.25) is 4.79 Å². The molecule has 23 heavy (non-hydrogen) atoms. The fourth-order valence-electron chi connectivity index (χ4n) is 2.76. The smallest absolute Gasteiger partial charge is 0.307 e. The number of hydrogen-bond donors (Lipinski definition) is 1. The van der Waals surface area contributed by atoms with E-state index in [4.69, 9.17) is 10.5 Å². The Labute approximate surface area is 141 Å². The van der Waals surface area contributed by atoms with Crippen LogP contribution in [0.25, 0.3) is 11.1 Å².